The van der Waals surface area contributed by atoms with Gasteiger partial charge >= 0.3 is 12.0 Å². The van der Waals surface area contributed by atoms with Gasteiger partial charge in [-0.3, -0.25) is 4.79 Å². The fourth-order valence-electron chi connectivity index (χ4n) is 3.12. The summed E-state index contributed by atoms with van der Waals surface area (Å²) in [4.78, 5) is 26.0. The van der Waals surface area contributed by atoms with Crippen LogP contribution in [-0.2, 0) is 16.1 Å². The number of esters is 1. The predicted octanol–water partition coefficient (Wildman–Crippen LogP) is 2.62. The van der Waals surface area contributed by atoms with Gasteiger partial charge in [0.2, 0.25) is 0 Å². The summed E-state index contributed by atoms with van der Waals surface area (Å²) in [6.07, 6.45) is 1.55. The van der Waals surface area contributed by atoms with Crippen molar-refractivity contribution in [2.24, 2.45) is 5.92 Å². The number of benzene rings is 1. The van der Waals surface area contributed by atoms with E-state index < -0.39 is 0 Å². The molecule has 0 spiro atoms. The maximum Gasteiger partial charge on any atom is 0.317 e. The van der Waals surface area contributed by atoms with Crippen molar-refractivity contribution in [1.29, 1.82) is 0 Å². The normalized spacial score (nSPS) is 17.5. The number of piperidine rings is 1. The third-order valence-electron chi connectivity index (χ3n) is 4.44. The number of aromatic nitrogens is 1. The Morgan fingerprint density at radius 3 is 3.08 bits per heavy atom. The summed E-state index contributed by atoms with van der Waals surface area (Å²) < 4.78 is 10.3. The van der Waals surface area contributed by atoms with Crippen LogP contribution < -0.4 is 5.32 Å². The van der Waals surface area contributed by atoms with Crippen LogP contribution in [0.25, 0.3) is 11.0 Å². The van der Waals surface area contributed by atoms with Gasteiger partial charge in [-0.05, 0) is 38.8 Å². The first-order chi connectivity index (χ1) is 12.1. The molecule has 25 heavy (non-hydrogen) atoms. The van der Waals surface area contributed by atoms with Crippen LogP contribution in [0.2, 0.25) is 0 Å². The smallest absolute Gasteiger partial charge is 0.317 e. The highest BCUT2D eigenvalue weighted by atomic mass is 16.5. The molecule has 1 aliphatic heterocycles. The fraction of sp³-hybridized carbons (Fsp3) is 0.500. The number of carbonyl (C=O) groups is 2. The minimum absolute atomic E-state index is 0.196. The zero-order valence-electron chi connectivity index (χ0n) is 14.6. The van der Waals surface area contributed by atoms with Crippen LogP contribution in [-0.4, -0.2) is 41.8 Å². The highest BCUT2D eigenvalue weighted by Gasteiger charge is 2.29. The number of likely N-dealkylation sites (tertiary alicyclic amines) is 1. The summed E-state index contributed by atoms with van der Waals surface area (Å²) in [5, 5.41) is 7.81. The maximum absolute atomic E-state index is 12.4. The van der Waals surface area contributed by atoms with Crippen molar-refractivity contribution in [3.63, 3.8) is 0 Å². The monoisotopic (exact) mass is 345 g/mol. The van der Waals surface area contributed by atoms with Crippen molar-refractivity contribution in [2.45, 2.75) is 33.2 Å². The largest absolute Gasteiger partial charge is 0.466 e. The average Bonchev–Trinajstić information content (AvgIpc) is 3.02. The number of hydrogen-bond acceptors (Lipinski definition) is 5. The molecule has 0 unspecified atom stereocenters. The lowest BCUT2D eigenvalue weighted by Crippen LogP contribution is -2.47. The lowest BCUT2D eigenvalue weighted by molar-refractivity contribution is -0.149. The Kier molecular flexibility index (Phi) is 5.21. The van der Waals surface area contributed by atoms with Crippen LogP contribution in [0.15, 0.2) is 22.7 Å². The van der Waals surface area contributed by atoms with Crippen molar-refractivity contribution < 1.29 is 18.8 Å². The quantitative estimate of drug-likeness (QED) is 0.861. The second-order valence-electron chi connectivity index (χ2n) is 6.32. The molecule has 0 radical (unpaired) electrons. The van der Waals surface area contributed by atoms with Crippen molar-refractivity contribution in [3.05, 3.63) is 29.5 Å². The number of hydrogen-bond donors (Lipinski definition) is 1. The zero-order chi connectivity index (χ0) is 17.8. The van der Waals surface area contributed by atoms with Crippen LogP contribution in [0.4, 0.5) is 4.79 Å². The third-order valence-corrected chi connectivity index (χ3v) is 4.44. The van der Waals surface area contributed by atoms with E-state index in [0.29, 0.717) is 31.0 Å². The molecule has 2 aromatic rings. The molecular formula is C18H23N3O4. The molecular weight excluding hydrogens is 322 g/mol. The molecule has 1 aromatic heterocycles. The number of nitrogens with zero attached hydrogens (tertiary/aromatic N) is 2. The van der Waals surface area contributed by atoms with E-state index in [9.17, 15) is 9.59 Å². The van der Waals surface area contributed by atoms with Crippen molar-refractivity contribution in [1.82, 2.24) is 15.4 Å². The van der Waals surface area contributed by atoms with E-state index >= 15 is 0 Å². The lowest BCUT2D eigenvalue weighted by Gasteiger charge is -2.31. The number of rotatable bonds is 4. The third kappa shape index (κ3) is 3.92. The number of fused-ring (bicyclic) bond motifs is 1. The summed E-state index contributed by atoms with van der Waals surface area (Å²) >= 11 is 0. The molecule has 3 rings (SSSR count). The highest BCUT2D eigenvalue weighted by molar-refractivity contribution is 5.81. The molecule has 0 aliphatic carbocycles. The molecule has 0 saturated carbocycles. The van der Waals surface area contributed by atoms with Gasteiger partial charge in [-0.15, -0.1) is 0 Å². The van der Waals surface area contributed by atoms with Gasteiger partial charge in [0.1, 0.15) is 5.69 Å². The summed E-state index contributed by atoms with van der Waals surface area (Å²) in [5.41, 5.74) is 2.51. The van der Waals surface area contributed by atoms with Gasteiger partial charge in [0.15, 0.2) is 5.58 Å². The van der Waals surface area contributed by atoms with E-state index in [0.717, 1.165) is 23.8 Å². The minimum atomic E-state index is -0.241. The number of nitrogens with one attached hydrogen (secondary N) is 1. The number of carbonyl (C=O) groups excluding carboxylic acids is 2. The second kappa shape index (κ2) is 7.55. The Balaban J connectivity index is 1.60. The van der Waals surface area contributed by atoms with Crippen LogP contribution >= 0.6 is 0 Å². The Morgan fingerprint density at radius 1 is 1.44 bits per heavy atom. The number of ether oxygens (including phenoxy) is 1. The van der Waals surface area contributed by atoms with Gasteiger partial charge in [-0.1, -0.05) is 16.8 Å². The Labute approximate surface area is 146 Å². The van der Waals surface area contributed by atoms with E-state index in [1.165, 1.54) is 0 Å². The van der Waals surface area contributed by atoms with E-state index in [4.69, 9.17) is 9.26 Å². The SMILES string of the molecule is CCOC(=O)[C@@H]1CCCN(C(=O)NCc2noc3ccc(C)cc23)C1. The van der Waals surface area contributed by atoms with Gasteiger partial charge in [-0.25, -0.2) is 4.79 Å². The Hall–Kier alpha value is -2.57. The molecule has 1 fully saturated rings. The minimum Gasteiger partial charge on any atom is -0.466 e. The average molecular weight is 345 g/mol. The summed E-state index contributed by atoms with van der Waals surface area (Å²) in [6.45, 7) is 5.47. The first kappa shape index (κ1) is 17.3. The molecule has 1 N–H and O–H groups in total. The second-order valence-corrected chi connectivity index (χ2v) is 6.32. The van der Waals surface area contributed by atoms with Crippen LogP contribution in [0, 0.1) is 12.8 Å². The Morgan fingerprint density at radius 2 is 2.28 bits per heavy atom. The van der Waals surface area contributed by atoms with Gasteiger partial charge in [0, 0.05) is 18.5 Å². The molecule has 7 heteroatoms. The molecule has 2 amide bonds. The topological polar surface area (TPSA) is 84.7 Å². The first-order valence-electron chi connectivity index (χ1n) is 8.62. The maximum atomic E-state index is 12.4. The number of aryl methyl sites for hydroxylation is 1. The fourth-order valence-corrected chi connectivity index (χ4v) is 3.12. The predicted molar refractivity (Wildman–Crippen MR) is 91.9 cm³/mol. The molecule has 2 heterocycles. The molecule has 7 nitrogen and oxygen atoms in total. The van der Waals surface area contributed by atoms with Gasteiger partial charge in [-0.2, -0.15) is 0 Å². The zero-order valence-corrected chi connectivity index (χ0v) is 14.6. The molecule has 1 saturated heterocycles. The van der Waals surface area contributed by atoms with Gasteiger partial charge < -0.3 is 19.5 Å². The van der Waals surface area contributed by atoms with Crippen molar-refractivity contribution >= 4 is 23.0 Å². The van der Waals surface area contributed by atoms with Crippen LogP contribution in [0.5, 0.6) is 0 Å². The highest BCUT2D eigenvalue weighted by Crippen LogP contribution is 2.21. The van der Waals surface area contributed by atoms with Gasteiger partial charge in [0.25, 0.3) is 0 Å². The summed E-state index contributed by atoms with van der Waals surface area (Å²) in [6, 6.07) is 5.62. The molecule has 134 valence electrons. The van der Waals surface area contributed by atoms with Crippen LogP contribution in [0.3, 0.4) is 0 Å². The van der Waals surface area contributed by atoms with E-state index in [1.54, 1.807) is 11.8 Å². The number of urea groups is 1. The molecule has 1 aliphatic rings. The number of amides is 2. The Bertz CT molecular complexity index is 771. The van der Waals surface area contributed by atoms with E-state index in [1.807, 2.05) is 25.1 Å². The lowest BCUT2D eigenvalue weighted by atomic mass is 9.98. The van der Waals surface area contributed by atoms with Crippen molar-refractivity contribution in [2.75, 3.05) is 19.7 Å². The first-order valence-corrected chi connectivity index (χ1v) is 8.62. The summed E-state index contributed by atoms with van der Waals surface area (Å²) in [5.74, 6) is -0.465. The van der Waals surface area contributed by atoms with Crippen molar-refractivity contribution in [3.8, 4) is 0 Å². The molecule has 0 bridgehead atoms. The van der Waals surface area contributed by atoms with Gasteiger partial charge in [0.05, 0.1) is 19.1 Å². The molecule has 1 atom stereocenters. The van der Waals surface area contributed by atoms with Crippen LogP contribution in [0.1, 0.15) is 31.0 Å². The summed E-state index contributed by atoms with van der Waals surface area (Å²) in [7, 11) is 0. The van der Waals surface area contributed by atoms with E-state index in [2.05, 4.69) is 10.5 Å². The standard InChI is InChI=1S/C18H23N3O4/c1-3-24-17(22)13-5-4-8-21(11-13)18(23)19-10-15-14-9-12(2)6-7-16(14)25-20-15/h6-7,9,13H,3-5,8,10-11H2,1-2H3,(H,19,23)/t13-/m1/s1. The van der Waals surface area contributed by atoms with E-state index in [-0.39, 0.29) is 24.5 Å². The molecule has 1 aromatic carbocycles.